The Morgan fingerprint density at radius 2 is 1.50 bits per heavy atom. The van der Waals surface area contributed by atoms with Gasteiger partial charge in [-0.1, -0.05) is 60.7 Å². The minimum Gasteiger partial charge on any atom is -0.284 e. The van der Waals surface area contributed by atoms with Gasteiger partial charge in [-0.15, -0.1) is 0 Å². The molecule has 0 aliphatic rings. The molecular formula is C16H18O3S. The molecule has 2 unspecified atom stereocenters. The highest BCUT2D eigenvalue weighted by Crippen LogP contribution is 2.13. The molecular weight excluding hydrogens is 272 g/mol. The van der Waals surface area contributed by atoms with E-state index in [1.807, 2.05) is 48.5 Å². The van der Waals surface area contributed by atoms with E-state index in [4.69, 9.17) is 8.74 Å². The summed E-state index contributed by atoms with van der Waals surface area (Å²) in [5, 5.41) is 0. The lowest BCUT2D eigenvalue weighted by atomic mass is 10.0. The van der Waals surface area contributed by atoms with Crippen molar-refractivity contribution in [3.63, 3.8) is 0 Å². The molecule has 0 aliphatic heterocycles. The Labute approximate surface area is 122 Å². The molecule has 1 N–H and O–H groups in total. The highest BCUT2D eigenvalue weighted by atomic mass is 32.2. The number of benzene rings is 2. The second kappa shape index (κ2) is 7.94. The first-order valence-corrected chi connectivity index (χ1v) is 7.63. The molecule has 2 aromatic carbocycles. The molecule has 0 bridgehead atoms. The molecule has 0 saturated heterocycles. The van der Waals surface area contributed by atoms with Crippen molar-refractivity contribution in [1.29, 1.82) is 0 Å². The molecule has 0 radical (unpaired) electrons. The fraction of sp³-hybridized carbons (Fsp3) is 0.250. The molecule has 0 aromatic heterocycles. The van der Waals surface area contributed by atoms with E-state index in [9.17, 15) is 4.21 Å². The fourth-order valence-corrected chi connectivity index (χ4v) is 2.55. The Hall–Kier alpha value is -1.49. The van der Waals surface area contributed by atoms with Crippen LogP contribution in [-0.4, -0.2) is 14.9 Å². The third-order valence-electron chi connectivity index (χ3n) is 3.12. The number of hydrogen-bond donors (Lipinski definition) is 1. The first-order chi connectivity index (χ1) is 9.74. The first-order valence-electron chi connectivity index (χ1n) is 6.60. The van der Waals surface area contributed by atoms with Crippen molar-refractivity contribution in [1.82, 2.24) is 0 Å². The normalized spacial score (nSPS) is 13.8. The number of rotatable bonds is 7. The number of hydrogen-bond acceptors (Lipinski definition) is 2. The first kappa shape index (κ1) is 14.9. The largest absolute Gasteiger partial charge is 0.302 e. The van der Waals surface area contributed by atoms with E-state index in [0.29, 0.717) is 12.8 Å². The van der Waals surface area contributed by atoms with Gasteiger partial charge in [-0.05, 0) is 24.0 Å². The van der Waals surface area contributed by atoms with Gasteiger partial charge in [0.15, 0.2) is 0 Å². The van der Waals surface area contributed by atoms with E-state index in [1.54, 1.807) is 0 Å². The maximum atomic E-state index is 10.9. The van der Waals surface area contributed by atoms with Gasteiger partial charge in [-0.25, -0.2) is 0 Å². The van der Waals surface area contributed by atoms with Gasteiger partial charge < -0.3 is 0 Å². The van der Waals surface area contributed by atoms with Crippen LogP contribution in [0.5, 0.6) is 0 Å². The van der Waals surface area contributed by atoms with Crippen LogP contribution in [0.1, 0.15) is 17.5 Å². The van der Waals surface area contributed by atoms with Gasteiger partial charge in [-0.2, -0.15) is 4.21 Å². The van der Waals surface area contributed by atoms with Crippen LogP contribution in [0.4, 0.5) is 0 Å². The lowest BCUT2D eigenvalue weighted by Crippen LogP contribution is -2.18. The second-order valence-corrected chi connectivity index (χ2v) is 5.28. The summed E-state index contributed by atoms with van der Waals surface area (Å²) in [6, 6.07) is 19.9. The monoisotopic (exact) mass is 290 g/mol. The van der Waals surface area contributed by atoms with Gasteiger partial charge in [0.25, 0.3) is 0 Å². The number of aryl methyl sites for hydroxylation is 1. The average Bonchev–Trinajstić information content (AvgIpc) is 2.46. The minimum atomic E-state index is -2.23. The minimum absolute atomic E-state index is 0.261. The Balaban J connectivity index is 1.95. The summed E-state index contributed by atoms with van der Waals surface area (Å²) < 4.78 is 25.0. The predicted molar refractivity (Wildman–Crippen MR) is 80.6 cm³/mol. The van der Waals surface area contributed by atoms with Crippen molar-refractivity contribution in [3.05, 3.63) is 71.8 Å². The molecule has 106 valence electrons. The third kappa shape index (κ3) is 5.25. The molecule has 0 amide bonds. The summed E-state index contributed by atoms with van der Waals surface area (Å²) in [6.45, 7) is 0. The van der Waals surface area contributed by atoms with Gasteiger partial charge in [-0.3, -0.25) is 8.74 Å². The lowest BCUT2D eigenvalue weighted by Gasteiger charge is -2.15. The molecule has 0 aliphatic carbocycles. The van der Waals surface area contributed by atoms with Gasteiger partial charge in [0.1, 0.15) is 0 Å². The predicted octanol–water partition coefficient (Wildman–Crippen LogP) is 3.38. The zero-order valence-electron chi connectivity index (χ0n) is 11.1. The van der Waals surface area contributed by atoms with Crippen molar-refractivity contribution >= 4 is 11.4 Å². The summed E-state index contributed by atoms with van der Waals surface area (Å²) in [5.74, 6) is 0. The van der Waals surface area contributed by atoms with Gasteiger partial charge in [0, 0.05) is 6.42 Å². The van der Waals surface area contributed by atoms with Crippen LogP contribution in [0.25, 0.3) is 0 Å². The molecule has 0 fully saturated rings. The van der Waals surface area contributed by atoms with Crippen LogP contribution in [-0.2, 0) is 28.4 Å². The van der Waals surface area contributed by atoms with Crippen molar-refractivity contribution in [3.8, 4) is 0 Å². The topological polar surface area (TPSA) is 46.5 Å². The van der Waals surface area contributed by atoms with E-state index in [0.717, 1.165) is 12.0 Å². The quantitative estimate of drug-likeness (QED) is 0.795. The average molecular weight is 290 g/mol. The summed E-state index contributed by atoms with van der Waals surface area (Å²) in [7, 11) is 0. The summed E-state index contributed by atoms with van der Waals surface area (Å²) >= 11 is -2.23. The summed E-state index contributed by atoms with van der Waals surface area (Å²) in [6.07, 6.45) is 1.92. The third-order valence-corrected chi connectivity index (χ3v) is 3.56. The molecule has 0 spiro atoms. The van der Waals surface area contributed by atoms with E-state index in [2.05, 4.69) is 12.1 Å². The highest BCUT2D eigenvalue weighted by molar-refractivity contribution is 7.74. The molecule has 4 heteroatoms. The molecule has 2 atom stereocenters. The Kier molecular flexibility index (Phi) is 5.92. The summed E-state index contributed by atoms with van der Waals surface area (Å²) in [5.41, 5.74) is 2.31. The standard InChI is InChI=1S/C16H18O3S/c17-20(18)19-16(13-15-9-5-2-6-10-15)12-11-14-7-3-1-4-8-14/h1-10,16H,11-13H2,(H,17,18). The van der Waals surface area contributed by atoms with Crippen LogP contribution in [0.3, 0.4) is 0 Å². The zero-order valence-corrected chi connectivity index (χ0v) is 12.0. The van der Waals surface area contributed by atoms with Crippen LogP contribution in [0, 0.1) is 0 Å². The van der Waals surface area contributed by atoms with Crippen molar-refractivity contribution in [2.75, 3.05) is 0 Å². The smallest absolute Gasteiger partial charge is 0.284 e. The SMILES string of the molecule is O=S(O)OC(CCc1ccccc1)Cc1ccccc1. The van der Waals surface area contributed by atoms with Crippen molar-refractivity contribution < 1.29 is 12.9 Å². The Bertz CT molecular complexity index is 528. The molecule has 20 heavy (non-hydrogen) atoms. The van der Waals surface area contributed by atoms with Crippen molar-refractivity contribution in [2.24, 2.45) is 0 Å². The lowest BCUT2D eigenvalue weighted by molar-refractivity contribution is 0.194. The molecule has 2 aromatic rings. The second-order valence-electron chi connectivity index (χ2n) is 4.65. The van der Waals surface area contributed by atoms with E-state index >= 15 is 0 Å². The molecule has 0 saturated carbocycles. The molecule has 0 heterocycles. The summed E-state index contributed by atoms with van der Waals surface area (Å²) in [4.78, 5) is 0. The fourth-order valence-electron chi connectivity index (χ4n) is 2.15. The molecule has 3 nitrogen and oxygen atoms in total. The van der Waals surface area contributed by atoms with Gasteiger partial charge in [0.05, 0.1) is 6.10 Å². The van der Waals surface area contributed by atoms with E-state index in [1.165, 1.54) is 5.56 Å². The van der Waals surface area contributed by atoms with Crippen LogP contribution in [0.15, 0.2) is 60.7 Å². The highest BCUT2D eigenvalue weighted by Gasteiger charge is 2.13. The Morgan fingerprint density at radius 1 is 0.950 bits per heavy atom. The van der Waals surface area contributed by atoms with Gasteiger partial charge >= 0.3 is 11.4 Å². The van der Waals surface area contributed by atoms with Crippen molar-refractivity contribution in [2.45, 2.75) is 25.4 Å². The maximum Gasteiger partial charge on any atom is 0.302 e. The Morgan fingerprint density at radius 3 is 2.05 bits per heavy atom. The van der Waals surface area contributed by atoms with Crippen LogP contribution in [0.2, 0.25) is 0 Å². The van der Waals surface area contributed by atoms with Gasteiger partial charge in [0.2, 0.25) is 0 Å². The zero-order chi connectivity index (χ0) is 14.2. The van der Waals surface area contributed by atoms with Crippen LogP contribution >= 0.6 is 0 Å². The van der Waals surface area contributed by atoms with Crippen LogP contribution < -0.4 is 0 Å². The molecule has 2 rings (SSSR count). The van der Waals surface area contributed by atoms with E-state index in [-0.39, 0.29) is 6.10 Å². The van der Waals surface area contributed by atoms with E-state index < -0.39 is 11.4 Å². The maximum absolute atomic E-state index is 10.9.